The van der Waals surface area contributed by atoms with Crippen molar-refractivity contribution in [3.8, 4) is 0 Å². The zero-order chi connectivity index (χ0) is 19.2. The molecule has 12 heteroatoms. The fourth-order valence-corrected chi connectivity index (χ4v) is 4.15. The van der Waals surface area contributed by atoms with E-state index >= 15 is 0 Å². The van der Waals surface area contributed by atoms with E-state index in [-0.39, 0.29) is 11.4 Å². The highest BCUT2D eigenvalue weighted by Crippen LogP contribution is 2.40. The maximum absolute atomic E-state index is 12.4. The van der Waals surface area contributed by atoms with Gasteiger partial charge in [0.1, 0.15) is 23.3 Å². The number of carbonyl (C=O) groups excluding carboxylic acids is 2. The Bertz CT molecular complexity index is 862. The van der Waals surface area contributed by atoms with Gasteiger partial charge in [0.25, 0.3) is 11.8 Å². The molecule has 0 saturated carbocycles. The Kier molecular flexibility index (Phi) is 4.44. The summed E-state index contributed by atoms with van der Waals surface area (Å²) in [5, 5.41) is 26.1. The van der Waals surface area contributed by atoms with Gasteiger partial charge in [0.15, 0.2) is 0 Å². The predicted octanol–water partition coefficient (Wildman–Crippen LogP) is 0.183. The van der Waals surface area contributed by atoms with Gasteiger partial charge in [-0.3, -0.25) is 29.3 Å². The number of aryl methyl sites for hydroxylation is 1. The third kappa shape index (κ3) is 2.71. The van der Waals surface area contributed by atoms with Crippen molar-refractivity contribution < 1.29 is 24.4 Å². The van der Waals surface area contributed by atoms with E-state index in [1.807, 2.05) is 0 Å². The molecule has 2 aliphatic heterocycles. The first-order chi connectivity index (χ1) is 12.3. The molecule has 1 fully saturated rings. The van der Waals surface area contributed by atoms with Crippen LogP contribution in [0.3, 0.4) is 0 Å². The first kappa shape index (κ1) is 17.9. The SMILES string of the molecule is CCn1cc([N+](=O)[O-])c(C(=O)N[C@H]2C(=O)N3C(C(=O)O)=C(C)CS[C@H]23)n1. The Balaban J connectivity index is 1.81. The molecule has 1 aromatic rings. The third-order valence-electron chi connectivity index (χ3n) is 4.13. The number of aromatic nitrogens is 2. The summed E-state index contributed by atoms with van der Waals surface area (Å²) in [5.74, 6) is -2.20. The minimum absolute atomic E-state index is 0.0782. The number of nitrogens with zero attached hydrogens (tertiary/aromatic N) is 4. The zero-order valence-corrected chi connectivity index (χ0v) is 14.6. The van der Waals surface area contributed by atoms with Gasteiger partial charge in [0.2, 0.25) is 5.69 Å². The second-order valence-corrected chi connectivity index (χ2v) is 6.88. The molecule has 11 nitrogen and oxygen atoms in total. The average molecular weight is 381 g/mol. The van der Waals surface area contributed by atoms with Gasteiger partial charge in [-0.05, 0) is 19.4 Å². The number of rotatable bonds is 5. The van der Waals surface area contributed by atoms with Gasteiger partial charge in [-0.2, -0.15) is 5.10 Å². The van der Waals surface area contributed by atoms with E-state index in [2.05, 4.69) is 10.4 Å². The smallest absolute Gasteiger partial charge is 0.352 e. The van der Waals surface area contributed by atoms with Crippen LogP contribution in [-0.2, 0) is 16.1 Å². The number of amides is 2. The zero-order valence-electron chi connectivity index (χ0n) is 13.8. The van der Waals surface area contributed by atoms with Crippen molar-refractivity contribution in [2.75, 3.05) is 5.75 Å². The molecule has 2 N–H and O–H groups in total. The minimum Gasteiger partial charge on any atom is -0.477 e. The number of carboxylic acid groups (broad SMARTS) is 1. The summed E-state index contributed by atoms with van der Waals surface area (Å²) in [7, 11) is 0. The number of β-lactam (4-membered cyclic amide) rings is 1. The molecule has 0 aromatic carbocycles. The van der Waals surface area contributed by atoms with Crippen LogP contribution in [0.2, 0.25) is 0 Å². The molecule has 0 unspecified atom stereocenters. The summed E-state index contributed by atoms with van der Waals surface area (Å²) in [6, 6.07) is -0.957. The monoisotopic (exact) mass is 381 g/mol. The number of nitrogens with one attached hydrogen (secondary N) is 1. The van der Waals surface area contributed by atoms with Gasteiger partial charge in [-0.15, -0.1) is 11.8 Å². The number of hydrogen-bond donors (Lipinski definition) is 2. The minimum atomic E-state index is -1.21. The lowest BCUT2D eigenvalue weighted by molar-refractivity contribution is -0.385. The fraction of sp³-hybridized carbons (Fsp3) is 0.429. The van der Waals surface area contributed by atoms with Gasteiger partial charge in [0.05, 0.1) is 4.92 Å². The number of hydrogen-bond acceptors (Lipinski definition) is 7. The van der Waals surface area contributed by atoms with E-state index in [9.17, 15) is 29.6 Å². The molecule has 1 saturated heterocycles. The maximum atomic E-state index is 12.4. The molecule has 2 atom stereocenters. The highest BCUT2D eigenvalue weighted by molar-refractivity contribution is 8.00. The Morgan fingerprint density at radius 2 is 2.23 bits per heavy atom. The maximum Gasteiger partial charge on any atom is 0.352 e. The third-order valence-corrected chi connectivity index (χ3v) is 5.55. The standard InChI is InChI=1S/C14H15N5O6S/c1-3-17-4-7(19(24)25)8(16-17)11(20)15-9-12(21)18-10(14(22)23)6(2)5-26-13(9)18/h4,9,13H,3,5H2,1-2H3,(H,15,20)(H,22,23)/t9-,13+/m0/s1. The summed E-state index contributed by atoms with van der Waals surface area (Å²) in [4.78, 5) is 47.6. The van der Waals surface area contributed by atoms with Crippen LogP contribution in [0.4, 0.5) is 5.69 Å². The Morgan fingerprint density at radius 3 is 2.81 bits per heavy atom. The molecule has 3 rings (SSSR count). The average Bonchev–Trinajstić information content (AvgIpc) is 3.03. The summed E-state index contributed by atoms with van der Waals surface area (Å²) < 4.78 is 1.26. The first-order valence-electron chi connectivity index (χ1n) is 7.66. The molecule has 3 heterocycles. The van der Waals surface area contributed by atoms with Crippen molar-refractivity contribution in [3.05, 3.63) is 33.3 Å². The highest BCUT2D eigenvalue weighted by atomic mass is 32.2. The second-order valence-electron chi connectivity index (χ2n) is 5.77. The van der Waals surface area contributed by atoms with Crippen LogP contribution in [0.15, 0.2) is 17.5 Å². The van der Waals surface area contributed by atoms with E-state index in [0.717, 1.165) is 11.1 Å². The van der Waals surface area contributed by atoms with Crippen LogP contribution >= 0.6 is 11.8 Å². The molecule has 0 aliphatic carbocycles. The topological polar surface area (TPSA) is 148 Å². The van der Waals surface area contributed by atoms with E-state index in [1.54, 1.807) is 13.8 Å². The summed E-state index contributed by atoms with van der Waals surface area (Å²) >= 11 is 1.32. The lowest BCUT2D eigenvalue weighted by Crippen LogP contribution is -2.70. The van der Waals surface area contributed by atoms with E-state index < -0.39 is 39.8 Å². The van der Waals surface area contributed by atoms with Gasteiger partial charge in [0, 0.05) is 12.3 Å². The highest BCUT2D eigenvalue weighted by Gasteiger charge is 2.54. The summed E-state index contributed by atoms with van der Waals surface area (Å²) in [6.45, 7) is 3.69. The van der Waals surface area contributed by atoms with Crippen molar-refractivity contribution in [2.45, 2.75) is 31.8 Å². The number of carboxylic acids is 1. The van der Waals surface area contributed by atoms with Gasteiger partial charge < -0.3 is 10.4 Å². The van der Waals surface area contributed by atoms with Crippen molar-refractivity contribution >= 4 is 35.2 Å². The quantitative estimate of drug-likeness (QED) is 0.417. The molecule has 0 spiro atoms. The summed E-state index contributed by atoms with van der Waals surface area (Å²) in [6.07, 6.45) is 1.15. The normalized spacial score (nSPS) is 21.9. The van der Waals surface area contributed by atoms with Crippen LogP contribution in [-0.4, -0.2) is 59.7 Å². The van der Waals surface area contributed by atoms with E-state index in [4.69, 9.17) is 0 Å². The van der Waals surface area contributed by atoms with Crippen molar-refractivity contribution in [3.63, 3.8) is 0 Å². The van der Waals surface area contributed by atoms with Gasteiger partial charge >= 0.3 is 11.7 Å². The molecule has 2 amide bonds. The summed E-state index contributed by atoms with van der Waals surface area (Å²) in [5.41, 5.74) is -0.347. The Hall–Kier alpha value is -2.89. The van der Waals surface area contributed by atoms with Gasteiger partial charge in [-0.25, -0.2) is 4.79 Å². The predicted molar refractivity (Wildman–Crippen MR) is 89.2 cm³/mol. The van der Waals surface area contributed by atoms with Crippen LogP contribution < -0.4 is 5.32 Å². The molecule has 1 aromatic heterocycles. The number of nitro groups is 1. The number of thioether (sulfide) groups is 1. The fourth-order valence-electron chi connectivity index (χ4n) is 2.85. The molecule has 0 bridgehead atoms. The molecule has 0 radical (unpaired) electrons. The van der Waals surface area contributed by atoms with Crippen molar-refractivity contribution in [1.29, 1.82) is 0 Å². The Labute approximate surface area is 151 Å². The lowest BCUT2D eigenvalue weighted by atomic mass is 10.0. The molecular formula is C14H15N5O6S. The molecule has 26 heavy (non-hydrogen) atoms. The number of aliphatic carboxylic acids is 1. The second kappa shape index (κ2) is 6.44. The lowest BCUT2D eigenvalue weighted by Gasteiger charge is -2.49. The number of carbonyl (C=O) groups is 3. The van der Waals surface area contributed by atoms with Crippen molar-refractivity contribution in [2.24, 2.45) is 0 Å². The molecule has 2 aliphatic rings. The number of fused-ring (bicyclic) bond motifs is 1. The van der Waals surface area contributed by atoms with Crippen LogP contribution in [0.5, 0.6) is 0 Å². The molecule has 138 valence electrons. The molecular weight excluding hydrogens is 366 g/mol. The van der Waals surface area contributed by atoms with Gasteiger partial charge in [-0.1, -0.05) is 0 Å². The first-order valence-corrected chi connectivity index (χ1v) is 8.71. The Morgan fingerprint density at radius 1 is 1.54 bits per heavy atom. The largest absolute Gasteiger partial charge is 0.477 e. The van der Waals surface area contributed by atoms with Crippen molar-refractivity contribution in [1.82, 2.24) is 20.0 Å². The van der Waals surface area contributed by atoms with Crippen LogP contribution in [0.25, 0.3) is 0 Å². The van der Waals surface area contributed by atoms with Crippen LogP contribution in [0.1, 0.15) is 24.3 Å². The van der Waals surface area contributed by atoms with E-state index in [1.165, 1.54) is 16.4 Å². The van der Waals surface area contributed by atoms with Crippen LogP contribution in [0, 0.1) is 10.1 Å². The van der Waals surface area contributed by atoms with E-state index in [0.29, 0.717) is 17.9 Å².